The molecular formula is C20H27FN4O4. The van der Waals surface area contributed by atoms with Gasteiger partial charge in [0.15, 0.2) is 0 Å². The van der Waals surface area contributed by atoms with Gasteiger partial charge in [0.25, 0.3) is 0 Å². The van der Waals surface area contributed by atoms with Crippen molar-refractivity contribution in [1.29, 1.82) is 0 Å². The molecule has 9 heteroatoms. The molecule has 0 bridgehead atoms. The van der Waals surface area contributed by atoms with Crippen molar-refractivity contribution in [2.45, 2.75) is 19.9 Å². The standard InChI is InChI=1S/C20H27FN4O4/c1-3-29-20(28)18-17(15-12-14(21)4-5-16(15)22-18)23-19(27)13(2)25-8-6-24(7-9-25)10-11-26/h4-5,12-13,22,26H,3,6-11H2,1-2H3,(H,23,27)/t13-/m0/s1. The zero-order chi connectivity index (χ0) is 21.0. The number of rotatable bonds is 7. The molecule has 1 aliphatic rings. The minimum absolute atomic E-state index is 0.0979. The molecule has 158 valence electrons. The molecule has 1 aromatic carbocycles. The van der Waals surface area contributed by atoms with Gasteiger partial charge in [-0.1, -0.05) is 0 Å². The van der Waals surface area contributed by atoms with E-state index in [1.807, 2.05) is 4.90 Å². The highest BCUT2D eigenvalue weighted by Crippen LogP contribution is 2.29. The molecular weight excluding hydrogens is 379 g/mol. The summed E-state index contributed by atoms with van der Waals surface area (Å²) in [7, 11) is 0. The number of aliphatic hydroxyl groups is 1. The van der Waals surface area contributed by atoms with Gasteiger partial charge < -0.3 is 20.1 Å². The number of piperazine rings is 1. The third kappa shape index (κ3) is 4.75. The van der Waals surface area contributed by atoms with Gasteiger partial charge in [-0.2, -0.15) is 0 Å². The molecule has 1 aromatic heterocycles. The number of aromatic amines is 1. The van der Waals surface area contributed by atoms with Crippen LogP contribution in [0.3, 0.4) is 0 Å². The molecule has 0 saturated carbocycles. The highest BCUT2D eigenvalue weighted by molar-refractivity contribution is 6.11. The number of aliphatic hydroxyl groups excluding tert-OH is 1. The number of hydrogen-bond donors (Lipinski definition) is 3. The maximum Gasteiger partial charge on any atom is 0.356 e. The second-order valence-electron chi connectivity index (χ2n) is 7.05. The number of amides is 1. The average molecular weight is 406 g/mol. The van der Waals surface area contributed by atoms with Crippen molar-refractivity contribution in [3.05, 3.63) is 29.7 Å². The number of hydrogen-bond acceptors (Lipinski definition) is 6. The maximum absolute atomic E-state index is 13.8. The summed E-state index contributed by atoms with van der Waals surface area (Å²) in [5, 5.41) is 12.3. The Morgan fingerprint density at radius 2 is 2.03 bits per heavy atom. The van der Waals surface area contributed by atoms with Gasteiger partial charge in [0.05, 0.1) is 24.9 Å². The van der Waals surface area contributed by atoms with E-state index in [-0.39, 0.29) is 30.5 Å². The van der Waals surface area contributed by atoms with Gasteiger partial charge in [-0.05, 0) is 32.0 Å². The molecule has 1 aliphatic heterocycles. The average Bonchev–Trinajstić information content (AvgIpc) is 3.06. The van der Waals surface area contributed by atoms with Gasteiger partial charge in [0.1, 0.15) is 11.5 Å². The van der Waals surface area contributed by atoms with E-state index in [0.29, 0.717) is 30.5 Å². The number of anilines is 1. The summed E-state index contributed by atoms with van der Waals surface area (Å²) < 4.78 is 18.9. The van der Waals surface area contributed by atoms with Crippen molar-refractivity contribution in [3.63, 3.8) is 0 Å². The van der Waals surface area contributed by atoms with Gasteiger partial charge in [0.2, 0.25) is 5.91 Å². The first-order chi connectivity index (χ1) is 13.9. The minimum atomic E-state index is -0.607. The Kier molecular flexibility index (Phi) is 6.83. The number of benzene rings is 1. The molecule has 1 atom stereocenters. The summed E-state index contributed by atoms with van der Waals surface area (Å²) >= 11 is 0. The number of nitrogens with zero attached hydrogens (tertiary/aromatic N) is 2. The smallest absolute Gasteiger partial charge is 0.356 e. The summed E-state index contributed by atoms with van der Waals surface area (Å²) in [5.74, 6) is -1.35. The summed E-state index contributed by atoms with van der Waals surface area (Å²) in [4.78, 5) is 32.4. The zero-order valence-electron chi connectivity index (χ0n) is 16.7. The topological polar surface area (TPSA) is 97.9 Å². The summed E-state index contributed by atoms with van der Waals surface area (Å²) in [6.07, 6.45) is 0. The Hall–Kier alpha value is -2.49. The van der Waals surface area contributed by atoms with E-state index in [1.165, 1.54) is 18.2 Å². The van der Waals surface area contributed by atoms with E-state index in [2.05, 4.69) is 15.2 Å². The molecule has 1 amide bonds. The first kappa shape index (κ1) is 21.2. The molecule has 3 rings (SSSR count). The van der Waals surface area contributed by atoms with Crippen molar-refractivity contribution in [3.8, 4) is 0 Å². The highest BCUT2D eigenvalue weighted by atomic mass is 19.1. The van der Waals surface area contributed by atoms with Crippen LogP contribution in [-0.4, -0.2) is 83.7 Å². The molecule has 1 fully saturated rings. The van der Waals surface area contributed by atoms with Crippen LogP contribution >= 0.6 is 0 Å². The van der Waals surface area contributed by atoms with Crippen LogP contribution in [0.15, 0.2) is 18.2 Å². The fourth-order valence-electron chi connectivity index (χ4n) is 3.56. The van der Waals surface area contributed by atoms with E-state index in [9.17, 15) is 14.0 Å². The van der Waals surface area contributed by atoms with Gasteiger partial charge in [-0.15, -0.1) is 0 Å². The number of halogens is 1. The lowest BCUT2D eigenvalue weighted by molar-refractivity contribution is -0.121. The number of carbonyl (C=O) groups is 2. The predicted molar refractivity (Wildman–Crippen MR) is 107 cm³/mol. The molecule has 0 unspecified atom stereocenters. The number of fused-ring (bicyclic) bond motifs is 1. The van der Waals surface area contributed by atoms with E-state index in [1.54, 1.807) is 13.8 Å². The summed E-state index contributed by atoms with van der Waals surface area (Å²) in [5.41, 5.74) is 0.865. The van der Waals surface area contributed by atoms with Gasteiger partial charge in [-0.3, -0.25) is 14.6 Å². The van der Waals surface area contributed by atoms with E-state index >= 15 is 0 Å². The van der Waals surface area contributed by atoms with Crippen molar-refractivity contribution in [2.24, 2.45) is 0 Å². The van der Waals surface area contributed by atoms with Gasteiger partial charge >= 0.3 is 5.97 Å². The van der Waals surface area contributed by atoms with Crippen LogP contribution in [0, 0.1) is 5.82 Å². The van der Waals surface area contributed by atoms with Crippen molar-refractivity contribution < 1.29 is 23.8 Å². The number of β-amino-alcohol motifs (C(OH)–C–C–N with tert-alkyl or cyclic N) is 1. The molecule has 0 radical (unpaired) electrons. The van der Waals surface area contributed by atoms with Gasteiger partial charge in [0, 0.05) is 43.6 Å². The lowest BCUT2D eigenvalue weighted by atomic mass is 10.1. The van der Waals surface area contributed by atoms with Crippen LogP contribution in [0.4, 0.5) is 10.1 Å². The van der Waals surface area contributed by atoms with Crippen molar-refractivity contribution in [2.75, 3.05) is 51.3 Å². The predicted octanol–water partition coefficient (Wildman–Crippen LogP) is 1.42. The number of aromatic nitrogens is 1. The van der Waals surface area contributed by atoms with Crippen molar-refractivity contribution in [1.82, 2.24) is 14.8 Å². The van der Waals surface area contributed by atoms with Crippen LogP contribution < -0.4 is 5.32 Å². The third-order valence-corrected chi connectivity index (χ3v) is 5.24. The fourth-order valence-corrected chi connectivity index (χ4v) is 3.56. The normalized spacial score (nSPS) is 16.7. The molecule has 0 aliphatic carbocycles. The Labute approximate surface area is 168 Å². The molecule has 8 nitrogen and oxygen atoms in total. The van der Waals surface area contributed by atoms with Crippen LogP contribution in [0.5, 0.6) is 0 Å². The second-order valence-corrected chi connectivity index (χ2v) is 7.05. The lowest BCUT2D eigenvalue weighted by Crippen LogP contribution is -2.53. The molecule has 1 saturated heterocycles. The SMILES string of the molecule is CCOC(=O)c1[nH]c2ccc(F)cc2c1NC(=O)[C@H](C)N1CCN(CCO)CC1. The second kappa shape index (κ2) is 9.34. The van der Waals surface area contributed by atoms with E-state index < -0.39 is 17.8 Å². The Bertz CT molecular complexity index is 877. The number of H-pyrrole nitrogens is 1. The first-order valence-corrected chi connectivity index (χ1v) is 9.81. The van der Waals surface area contributed by atoms with Gasteiger partial charge in [-0.25, -0.2) is 9.18 Å². The minimum Gasteiger partial charge on any atom is -0.461 e. The quantitative estimate of drug-likeness (QED) is 0.602. The summed E-state index contributed by atoms with van der Waals surface area (Å²) in [6, 6.07) is 3.66. The zero-order valence-corrected chi connectivity index (χ0v) is 16.7. The number of ether oxygens (including phenoxy) is 1. The van der Waals surface area contributed by atoms with Crippen LogP contribution in [0.1, 0.15) is 24.3 Å². The molecule has 2 aromatic rings. The molecule has 3 N–H and O–H groups in total. The molecule has 0 spiro atoms. The van der Waals surface area contributed by atoms with Crippen LogP contribution in [-0.2, 0) is 9.53 Å². The van der Waals surface area contributed by atoms with E-state index in [0.717, 1.165) is 13.1 Å². The maximum atomic E-state index is 13.8. The largest absolute Gasteiger partial charge is 0.461 e. The number of carbonyl (C=O) groups excluding carboxylic acids is 2. The molecule has 2 heterocycles. The number of esters is 1. The summed E-state index contributed by atoms with van der Waals surface area (Å²) in [6.45, 7) is 7.35. The third-order valence-electron chi connectivity index (χ3n) is 5.24. The highest BCUT2D eigenvalue weighted by Gasteiger charge is 2.28. The fraction of sp³-hybridized carbons (Fsp3) is 0.500. The monoisotopic (exact) mass is 406 g/mol. The molecule has 29 heavy (non-hydrogen) atoms. The van der Waals surface area contributed by atoms with Crippen LogP contribution in [0.2, 0.25) is 0 Å². The Balaban J connectivity index is 1.79. The first-order valence-electron chi connectivity index (χ1n) is 9.81. The van der Waals surface area contributed by atoms with Crippen molar-refractivity contribution >= 4 is 28.5 Å². The van der Waals surface area contributed by atoms with E-state index in [4.69, 9.17) is 9.84 Å². The number of nitrogens with one attached hydrogen (secondary N) is 2. The van der Waals surface area contributed by atoms with Crippen LogP contribution in [0.25, 0.3) is 10.9 Å². The lowest BCUT2D eigenvalue weighted by Gasteiger charge is -2.37. The Morgan fingerprint density at radius 3 is 2.69 bits per heavy atom. The Morgan fingerprint density at radius 1 is 1.31 bits per heavy atom.